The molecule has 3 nitrogen and oxygen atoms in total. The van der Waals surface area contributed by atoms with Crippen molar-refractivity contribution >= 4 is 9.39 Å². The summed E-state index contributed by atoms with van der Waals surface area (Å²) >= 11 is 0. The van der Waals surface area contributed by atoms with E-state index in [9.17, 15) is 0 Å². The molecule has 0 spiro atoms. The number of nitrogens with zero attached hydrogens (tertiary/aromatic N) is 2. The Morgan fingerprint density at radius 3 is 2.27 bits per heavy atom. The molecule has 0 aromatic carbocycles. The molecule has 0 bridgehead atoms. The molecule has 4 heteroatoms. The highest BCUT2D eigenvalue weighted by atomic mass is 31.0. The summed E-state index contributed by atoms with van der Waals surface area (Å²) in [5.41, 5.74) is 0. The van der Waals surface area contributed by atoms with Gasteiger partial charge in [0, 0.05) is 25.5 Å². The van der Waals surface area contributed by atoms with Crippen LogP contribution in [0.2, 0.25) is 0 Å². The van der Waals surface area contributed by atoms with Crippen molar-refractivity contribution in [3.63, 3.8) is 0 Å². The lowest BCUT2D eigenvalue weighted by Crippen LogP contribution is -2.01. The van der Waals surface area contributed by atoms with Gasteiger partial charge in [-0.1, -0.05) is 9.39 Å². The highest BCUT2D eigenvalue weighted by molar-refractivity contribution is 7.13. The molecule has 2 heterocycles. The molecule has 1 atom stereocenters. The standard InChI is InChI=1S/C4H10NP.C3H4N2/c6-5-3-1-2-4-5;1-2-4-5-3-1/h1-4,6H2;1-3H,(H,4,5). The fraction of sp³-hybridized carbons (Fsp3) is 0.571. The number of aromatic amines is 1. The van der Waals surface area contributed by atoms with Gasteiger partial charge >= 0.3 is 0 Å². The van der Waals surface area contributed by atoms with Crippen LogP contribution in [-0.4, -0.2) is 28.0 Å². The van der Waals surface area contributed by atoms with Crippen LogP contribution in [0.4, 0.5) is 0 Å². The van der Waals surface area contributed by atoms with Gasteiger partial charge in [0.15, 0.2) is 0 Å². The monoisotopic (exact) mass is 171 g/mol. The van der Waals surface area contributed by atoms with Crippen LogP contribution in [0, 0.1) is 0 Å². The summed E-state index contributed by atoms with van der Waals surface area (Å²) in [6, 6.07) is 1.83. The van der Waals surface area contributed by atoms with Gasteiger partial charge in [0.2, 0.25) is 0 Å². The van der Waals surface area contributed by atoms with E-state index in [1.807, 2.05) is 6.07 Å². The third-order valence-corrected chi connectivity index (χ3v) is 2.06. The van der Waals surface area contributed by atoms with Gasteiger partial charge in [-0.2, -0.15) is 5.10 Å². The van der Waals surface area contributed by atoms with Crippen LogP contribution < -0.4 is 0 Å². The Morgan fingerprint density at radius 2 is 2.09 bits per heavy atom. The molecular weight excluding hydrogens is 157 g/mol. The Balaban J connectivity index is 0.000000112. The topological polar surface area (TPSA) is 31.9 Å². The van der Waals surface area contributed by atoms with Gasteiger partial charge in [0.25, 0.3) is 0 Å². The molecular formula is C7H14N3P. The highest BCUT2D eigenvalue weighted by Crippen LogP contribution is 2.10. The minimum Gasteiger partial charge on any atom is -0.287 e. The van der Waals surface area contributed by atoms with Gasteiger partial charge in [-0.25, -0.2) is 0 Å². The van der Waals surface area contributed by atoms with Crippen LogP contribution in [0.3, 0.4) is 0 Å². The molecule has 1 fully saturated rings. The molecule has 1 unspecified atom stereocenters. The molecule has 1 aromatic heterocycles. The van der Waals surface area contributed by atoms with Crippen molar-refractivity contribution in [2.45, 2.75) is 12.8 Å². The largest absolute Gasteiger partial charge is 0.287 e. The first-order chi connectivity index (χ1) is 5.39. The van der Waals surface area contributed by atoms with E-state index in [4.69, 9.17) is 0 Å². The first-order valence-corrected chi connectivity index (χ1v) is 4.34. The quantitative estimate of drug-likeness (QED) is 0.596. The molecule has 0 radical (unpaired) electrons. The molecule has 62 valence electrons. The SMILES string of the molecule is PN1CCCC1.c1cn[nH]c1. The Morgan fingerprint density at radius 1 is 1.36 bits per heavy atom. The van der Waals surface area contributed by atoms with Crippen LogP contribution in [-0.2, 0) is 0 Å². The van der Waals surface area contributed by atoms with Gasteiger partial charge in [-0.3, -0.25) is 9.77 Å². The Labute approximate surface area is 69.4 Å². The van der Waals surface area contributed by atoms with Crippen LogP contribution in [0.1, 0.15) is 12.8 Å². The number of aromatic nitrogens is 2. The van der Waals surface area contributed by atoms with Crippen molar-refractivity contribution in [3.05, 3.63) is 18.5 Å². The smallest absolute Gasteiger partial charge is 0.0487 e. The van der Waals surface area contributed by atoms with E-state index in [0.29, 0.717) is 0 Å². The fourth-order valence-electron chi connectivity index (χ4n) is 0.957. The minimum atomic E-state index is 1.28. The molecule has 1 N–H and O–H groups in total. The number of rotatable bonds is 0. The van der Waals surface area contributed by atoms with Crippen LogP contribution >= 0.6 is 9.39 Å². The maximum absolute atomic E-state index is 3.60. The molecule has 1 aliphatic rings. The molecule has 0 aliphatic carbocycles. The van der Waals surface area contributed by atoms with Gasteiger partial charge in [0.05, 0.1) is 0 Å². The summed E-state index contributed by atoms with van der Waals surface area (Å²) in [4.78, 5) is 0. The summed E-state index contributed by atoms with van der Waals surface area (Å²) < 4.78 is 2.28. The van der Waals surface area contributed by atoms with E-state index in [2.05, 4.69) is 24.3 Å². The zero-order valence-electron chi connectivity index (χ0n) is 6.53. The number of hydrogen-bond acceptors (Lipinski definition) is 2. The summed E-state index contributed by atoms with van der Waals surface area (Å²) in [6.07, 6.45) is 6.24. The first kappa shape index (κ1) is 8.69. The third kappa shape index (κ3) is 4.12. The second-order valence-corrected chi connectivity index (χ2v) is 3.24. The molecule has 1 aromatic rings. The van der Waals surface area contributed by atoms with E-state index in [0.717, 1.165) is 0 Å². The average molecular weight is 171 g/mol. The first-order valence-electron chi connectivity index (χ1n) is 3.83. The summed E-state index contributed by atoms with van der Waals surface area (Å²) in [7, 11) is 2.71. The second-order valence-electron chi connectivity index (χ2n) is 2.51. The maximum atomic E-state index is 3.60. The predicted molar refractivity (Wildman–Crippen MR) is 49.1 cm³/mol. The summed E-state index contributed by atoms with van der Waals surface area (Å²) in [6.45, 7) is 2.56. The molecule has 1 aliphatic heterocycles. The predicted octanol–water partition coefficient (Wildman–Crippen LogP) is 1.28. The summed E-state index contributed by atoms with van der Waals surface area (Å²) in [5.74, 6) is 0. The van der Waals surface area contributed by atoms with E-state index in [1.165, 1.54) is 25.9 Å². The van der Waals surface area contributed by atoms with Crippen molar-refractivity contribution in [3.8, 4) is 0 Å². The molecule has 0 amide bonds. The maximum Gasteiger partial charge on any atom is 0.0487 e. The van der Waals surface area contributed by atoms with Crippen molar-refractivity contribution < 1.29 is 0 Å². The van der Waals surface area contributed by atoms with E-state index >= 15 is 0 Å². The Bertz CT molecular complexity index is 141. The van der Waals surface area contributed by atoms with Crippen molar-refractivity contribution in [2.24, 2.45) is 0 Å². The average Bonchev–Trinajstić information content (AvgIpc) is 2.57. The van der Waals surface area contributed by atoms with Gasteiger partial charge < -0.3 is 0 Å². The van der Waals surface area contributed by atoms with Crippen molar-refractivity contribution in [1.82, 2.24) is 14.9 Å². The van der Waals surface area contributed by atoms with Gasteiger partial charge in [-0.15, -0.1) is 0 Å². The molecule has 0 saturated carbocycles. The normalized spacial score (nSPS) is 17.5. The van der Waals surface area contributed by atoms with E-state index < -0.39 is 0 Å². The van der Waals surface area contributed by atoms with Crippen LogP contribution in [0.15, 0.2) is 18.5 Å². The second kappa shape index (κ2) is 5.28. The molecule has 11 heavy (non-hydrogen) atoms. The van der Waals surface area contributed by atoms with E-state index in [-0.39, 0.29) is 0 Å². The van der Waals surface area contributed by atoms with E-state index in [1.54, 1.807) is 12.4 Å². The summed E-state index contributed by atoms with van der Waals surface area (Å²) in [5, 5.41) is 6.21. The lowest BCUT2D eigenvalue weighted by molar-refractivity contribution is 0.586. The highest BCUT2D eigenvalue weighted by Gasteiger charge is 2.03. The number of H-pyrrole nitrogens is 1. The van der Waals surface area contributed by atoms with Gasteiger partial charge in [-0.05, 0) is 18.9 Å². The third-order valence-electron chi connectivity index (χ3n) is 1.55. The Kier molecular flexibility index (Phi) is 4.17. The van der Waals surface area contributed by atoms with Gasteiger partial charge in [0.1, 0.15) is 0 Å². The number of nitrogens with one attached hydrogen (secondary N) is 1. The number of hydrogen-bond donors (Lipinski definition) is 1. The van der Waals surface area contributed by atoms with Crippen molar-refractivity contribution in [2.75, 3.05) is 13.1 Å². The molecule has 1 saturated heterocycles. The van der Waals surface area contributed by atoms with Crippen LogP contribution in [0.25, 0.3) is 0 Å². The lowest BCUT2D eigenvalue weighted by Gasteiger charge is -2.00. The fourth-order valence-corrected chi connectivity index (χ4v) is 1.32. The zero-order valence-corrected chi connectivity index (χ0v) is 7.69. The minimum absolute atomic E-state index is 1.28. The lowest BCUT2D eigenvalue weighted by atomic mass is 10.4. The van der Waals surface area contributed by atoms with Crippen molar-refractivity contribution in [1.29, 1.82) is 0 Å². The zero-order chi connectivity index (χ0) is 7.94. The Hall–Kier alpha value is -0.400. The van der Waals surface area contributed by atoms with Crippen LogP contribution in [0.5, 0.6) is 0 Å². The molecule has 2 rings (SSSR count).